The van der Waals surface area contributed by atoms with Crippen LogP contribution in [0.4, 0.5) is 0 Å². The molecule has 1 N–H and O–H groups in total. The number of pyridine rings is 1. The molecule has 2 aromatic heterocycles. The van der Waals surface area contributed by atoms with Crippen molar-refractivity contribution >= 4 is 5.65 Å². The van der Waals surface area contributed by atoms with Crippen molar-refractivity contribution in [3.8, 4) is 23.2 Å². The molecule has 0 fully saturated rings. The lowest BCUT2D eigenvalue weighted by atomic mass is 10.1. The highest BCUT2D eigenvalue weighted by atomic mass is 16.3. The molecule has 0 amide bonds. The molecule has 19 heavy (non-hydrogen) atoms. The Kier molecular flexibility index (Phi) is 2.43. The topological polar surface area (TPSA) is 74.2 Å². The Morgan fingerprint density at radius 1 is 1.21 bits per heavy atom. The van der Waals surface area contributed by atoms with Gasteiger partial charge in [0.25, 0.3) is 0 Å². The molecule has 92 valence electrons. The van der Waals surface area contributed by atoms with Crippen molar-refractivity contribution in [2.75, 3.05) is 0 Å². The Labute approximate surface area is 109 Å². The molecule has 2 heterocycles. The van der Waals surface area contributed by atoms with Crippen LogP contribution in [0.15, 0.2) is 36.5 Å². The molecule has 5 heteroatoms. The number of hydrogen-bond acceptors (Lipinski definition) is 4. The summed E-state index contributed by atoms with van der Waals surface area (Å²) in [4.78, 5) is 0. The van der Waals surface area contributed by atoms with Crippen LogP contribution >= 0.6 is 0 Å². The Bertz CT molecular complexity index is 814. The van der Waals surface area contributed by atoms with Gasteiger partial charge in [-0.05, 0) is 31.2 Å². The van der Waals surface area contributed by atoms with E-state index in [4.69, 9.17) is 5.26 Å². The summed E-state index contributed by atoms with van der Waals surface area (Å²) in [7, 11) is 0. The SMILES string of the molecule is Cc1ccc(O)c(-c2nnc3ccc(C#N)cn23)c1. The number of benzene rings is 1. The van der Waals surface area contributed by atoms with Gasteiger partial charge in [-0.15, -0.1) is 10.2 Å². The van der Waals surface area contributed by atoms with Gasteiger partial charge in [-0.25, -0.2) is 0 Å². The molecule has 3 aromatic rings. The number of rotatable bonds is 1. The first-order valence-corrected chi connectivity index (χ1v) is 5.74. The second-order valence-electron chi connectivity index (χ2n) is 4.30. The van der Waals surface area contributed by atoms with Crippen LogP contribution in [0.2, 0.25) is 0 Å². The van der Waals surface area contributed by atoms with Gasteiger partial charge in [-0.3, -0.25) is 4.40 Å². The van der Waals surface area contributed by atoms with Gasteiger partial charge >= 0.3 is 0 Å². The molecule has 0 saturated heterocycles. The molecule has 0 aliphatic rings. The van der Waals surface area contributed by atoms with E-state index in [0.29, 0.717) is 22.6 Å². The van der Waals surface area contributed by atoms with Crippen LogP contribution in [0.3, 0.4) is 0 Å². The maximum atomic E-state index is 9.95. The van der Waals surface area contributed by atoms with Crippen LogP contribution in [-0.2, 0) is 0 Å². The molecule has 5 nitrogen and oxygen atoms in total. The van der Waals surface area contributed by atoms with E-state index in [1.54, 1.807) is 28.8 Å². The van der Waals surface area contributed by atoms with Crippen LogP contribution < -0.4 is 0 Å². The van der Waals surface area contributed by atoms with Crippen molar-refractivity contribution in [2.45, 2.75) is 6.92 Å². The Hall–Kier alpha value is -2.87. The highest BCUT2D eigenvalue weighted by molar-refractivity contribution is 5.67. The summed E-state index contributed by atoms with van der Waals surface area (Å²) < 4.78 is 1.70. The van der Waals surface area contributed by atoms with Gasteiger partial charge in [0, 0.05) is 6.20 Å². The van der Waals surface area contributed by atoms with E-state index in [1.807, 2.05) is 19.1 Å². The molecule has 3 rings (SSSR count). The van der Waals surface area contributed by atoms with E-state index >= 15 is 0 Å². The van der Waals surface area contributed by atoms with Crippen molar-refractivity contribution in [3.63, 3.8) is 0 Å². The minimum Gasteiger partial charge on any atom is -0.507 e. The fourth-order valence-electron chi connectivity index (χ4n) is 1.97. The van der Waals surface area contributed by atoms with Crippen LogP contribution in [-0.4, -0.2) is 19.7 Å². The third kappa shape index (κ3) is 1.79. The largest absolute Gasteiger partial charge is 0.507 e. The Balaban J connectivity index is 2.31. The zero-order chi connectivity index (χ0) is 13.4. The molecular formula is C14H10N4O. The molecule has 0 aliphatic heterocycles. The number of phenols is 1. The third-order valence-electron chi connectivity index (χ3n) is 2.92. The van der Waals surface area contributed by atoms with Crippen molar-refractivity contribution in [1.29, 1.82) is 5.26 Å². The molecule has 0 radical (unpaired) electrons. The molecule has 0 saturated carbocycles. The number of phenolic OH excluding ortho intramolecular Hbond substituents is 1. The monoisotopic (exact) mass is 250 g/mol. The number of nitrogens with zero attached hydrogens (tertiary/aromatic N) is 4. The lowest BCUT2D eigenvalue weighted by Gasteiger charge is -2.04. The van der Waals surface area contributed by atoms with Crippen molar-refractivity contribution in [1.82, 2.24) is 14.6 Å². The van der Waals surface area contributed by atoms with Crippen molar-refractivity contribution in [2.24, 2.45) is 0 Å². The minimum atomic E-state index is 0.141. The maximum absolute atomic E-state index is 9.95. The fourth-order valence-corrected chi connectivity index (χ4v) is 1.97. The summed E-state index contributed by atoms with van der Waals surface area (Å²) in [5.74, 6) is 0.663. The second kappa shape index (κ2) is 4.10. The number of aromatic hydroxyl groups is 1. The maximum Gasteiger partial charge on any atom is 0.172 e. The van der Waals surface area contributed by atoms with E-state index < -0.39 is 0 Å². The summed E-state index contributed by atoms with van der Waals surface area (Å²) in [6, 6.07) is 10.8. The van der Waals surface area contributed by atoms with Gasteiger partial charge in [-0.2, -0.15) is 5.26 Å². The summed E-state index contributed by atoms with van der Waals surface area (Å²) in [5.41, 5.74) is 2.76. The lowest BCUT2D eigenvalue weighted by Crippen LogP contribution is -1.91. The van der Waals surface area contributed by atoms with E-state index in [-0.39, 0.29) is 5.75 Å². The first-order valence-electron chi connectivity index (χ1n) is 5.74. The first kappa shape index (κ1) is 11.2. The van der Waals surface area contributed by atoms with Gasteiger partial charge in [0.1, 0.15) is 11.8 Å². The number of aromatic nitrogens is 3. The van der Waals surface area contributed by atoms with Gasteiger partial charge in [0.15, 0.2) is 11.5 Å². The van der Waals surface area contributed by atoms with Gasteiger partial charge in [0.05, 0.1) is 11.1 Å². The van der Waals surface area contributed by atoms with E-state index in [0.717, 1.165) is 5.56 Å². The zero-order valence-corrected chi connectivity index (χ0v) is 10.2. The normalized spacial score (nSPS) is 10.5. The first-order chi connectivity index (χ1) is 9.19. The molecule has 1 aromatic carbocycles. The second-order valence-corrected chi connectivity index (χ2v) is 4.30. The molecule has 0 spiro atoms. The summed E-state index contributed by atoms with van der Waals surface area (Å²) in [6.45, 7) is 1.94. The van der Waals surface area contributed by atoms with Crippen LogP contribution in [0, 0.1) is 18.3 Å². The number of hydrogen-bond donors (Lipinski definition) is 1. The average Bonchev–Trinajstić information content (AvgIpc) is 2.84. The number of aryl methyl sites for hydroxylation is 1. The predicted octanol–water partition coefficient (Wildman–Crippen LogP) is 2.28. The summed E-state index contributed by atoms with van der Waals surface area (Å²) in [6.07, 6.45) is 1.66. The van der Waals surface area contributed by atoms with Crippen LogP contribution in [0.5, 0.6) is 5.75 Å². The standard InChI is InChI=1S/C14H10N4O/c1-9-2-4-12(19)11(6-9)14-17-16-13-5-3-10(7-15)8-18(13)14/h2-6,8,19H,1H3. The van der Waals surface area contributed by atoms with Gasteiger partial charge < -0.3 is 5.11 Å². The zero-order valence-electron chi connectivity index (χ0n) is 10.2. The predicted molar refractivity (Wildman–Crippen MR) is 69.5 cm³/mol. The molecule has 0 aliphatic carbocycles. The minimum absolute atomic E-state index is 0.141. The smallest absolute Gasteiger partial charge is 0.172 e. The average molecular weight is 250 g/mol. The fraction of sp³-hybridized carbons (Fsp3) is 0.0714. The Morgan fingerprint density at radius 2 is 2.05 bits per heavy atom. The van der Waals surface area contributed by atoms with E-state index in [9.17, 15) is 5.11 Å². The van der Waals surface area contributed by atoms with Crippen molar-refractivity contribution in [3.05, 3.63) is 47.7 Å². The van der Waals surface area contributed by atoms with Crippen LogP contribution in [0.1, 0.15) is 11.1 Å². The van der Waals surface area contributed by atoms with Crippen molar-refractivity contribution < 1.29 is 5.11 Å². The van der Waals surface area contributed by atoms with E-state index in [2.05, 4.69) is 16.3 Å². The summed E-state index contributed by atoms with van der Waals surface area (Å²) in [5, 5.41) is 27.0. The van der Waals surface area contributed by atoms with E-state index in [1.165, 1.54) is 0 Å². The summed E-state index contributed by atoms with van der Waals surface area (Å²) >= 11 is 0. The molecule has 0 unspecified atom stereocenters. The van der Waals surface area contributed by atoms with Gasteiger partial charge in [-0.1, -0.05) is 11.6 Å². The molecule has 0 atom stereocenters. The van der Waals surface area contributed by atoms with Crippen LogP contribution in [0.25, 0.3) is 17.0 Å². The quantitative estimate of drug-likeness (QED) is 0.719. The highest BCUT2D eigenvalue weighted by Crippen LogP contribution is 2.28. The lowest BCUT2D eigenvalue weighted by molar-refractivity contribution is 0.476. The number of fused-ring (bicyclic) bond motifs is 1. The molecule has 0 bridgehead atoms. The number of nitriles is 1. The third-order valence-corrected chi connectivity index (χ3v) is 2.92. The Morgan fingerprint density at radius 3 is 2.84 bits per heavy atom. The molecular weight excluding hydrogens is 240 g/mol. The highest BCUT2D eigenvalue weighted by Gasteiger charge is 2.12. The van der Waals surface area contributed by atoms with Gasteiger partial charge in [0.2, 0.25) is 0 Å².